The van der Waals surface area contributed by atoms with Crippen LogP contribution < -0.4 is 0 Å². The molecule has 1 aliphatic rings. The summed E-state index contributed by atoms with van der Waals surface area (Å²) in [7, 11) is 0. The SMILES string of the molecule is [CH2-]C=[N+]1C[C+]([CH2-])C1. The van der Waals surface area contributed by atoms with Crippen molar-refractivity contribution in [3.63, 3.8) is 0 Å². The molecule has 0 amide bonds. The monoisotopic (exact) mass is 95.1 g/mol. The molecule has 1 aliphatic heterocycles. The van der Waals surface area contributed by atoms with Gasteiger partial charge in [0.1, 0.15) is 0 Å². The van der Waals surface area contributed by atoms with Gasteiger partial charge in [0, 0.05) is 6.21 Å². The van der Waals surface area contributed by atoms with Gasteiger partial charge in [0.15, 0.2) is 0 Å². The summed E-state index contributed by atoms with van der Waals surface area (Å²) in [5.74, 6) is 1.31. The van der Waals surface area contributed by atoms with Crippen LogP contribution >= 0.6 is 0 Å². The van der Waals surface area contributed by atoms with Crippen molar-refractivity contribution in [1.29, 1.82) is 0 Å². The quantitative estimate of drug-likeness (QED) is 0.301. The summed E-state index contributed by atoms with van der Waals surface area (Å²) >= 11 is 0. The van der Waals surface area contributed by atoms with Crippen molar-refractivity contribution in [2.45, 2.75) is 0 Å². The van der Waals surface area contributed by atoms with Gasteiger partial charge in [-0.1, -0.05) is 0 Å². The van der Waals surface area contributed by atoms with E-state index in [1.165, 1.54) is 5.92 Å². The molecule has 0 atom stereocenters. The van der Waals surface area contributed by atoms with E-state index in [-0.39, 0.29) is 0 Å². The van der Waals surface area contributed by atoms with Crippen LogP contribution in [0.1, 0.15) is 0 Å². The molecule has 38 valence electrons. The van der Waals surface area contributed by atoms with Gasteiger partial charge in [-0.15, -0.1) is 6.92 Å². The highest BCUT2D eigenvalue weighted by Crippen LogP contribution is 2.08. The molecule has 0 aromatic carbocycles. The number of nitrogens with zero attached hydrogens (tertiary/aromatic N) is 1. The maximum atomic E-state index is 3.77. The Bertz CT molecular complexity index is 86.4. The highest BCUT2D eigenvalue weighted by Gasteiger charge is 2.28. The highest BCUT2D eigenvalue weighted by molar-refractivity contribution is 5.56. The summed E-state index contributed by atoms with van der Waals surface area (Å²) in [6, 6.07) is 0. The number of rotatable bonds is 0. The Labute approximate surface area is 44.7 Å². The summed E-state index contributed by atoms with van der Waals surface area (Å²) < 4.78 is 2.11. The van der Waals surface area contributed by atoms with E-state index in [0.717, 1.165) is 13.1 Å². The minimum atomic E-state index is 1.02. The van der Waals surface area contributed by atoms with E-state index in [4.69, 9.17) is 0 Å². The van der Waals surface area contributed by atoms with Crippen molar-refractivity contribution in [3.05, 3.63) is 19.8 Å². The van der Waals surface area contributed by atoms with Crippen molar-refractivity contribution in [1.82, 2.24) is 0 Å². The fraction of sp³-hybridized carbons (Fsp3) is 0.333. The van der Waals surface area contributed by atoms with E-state index in [2.05, 4.69) is 18.4 Å². The van der Waals surface area contributed by atoms with E-state index in [1.807, 2.05) is 6.21 Å². The Morgan fingerprint density at radius 1 is 1.57 bits per heavy atom. The van der Waals surface area contributed by atoms with E-state index in [0.29, 0.717) is 0 Å². The first-order valence-electron chi connectivity index (χ1n) is 2.36. The van der Waals surface area contributed by atoms with Crippen LogP contribution in [0.25, 0.3) is 0 Å². The third-order valence-electron chi connectivity index (χ3n) is 1.11. The minimum absolute atomic E-state index is 1.02. The smallest absolute Gasteiger partial charge is 0.253 e. The lowest BCUT2D eigenvalue weighted by Crippen LogP contribution is -2.35. The summed E-state index contributed by atoms with van der Waals surface area (Å²) in [4.78, 5) is 0. The molecule has 0 radical (unpaired) electrons. The van der Waals surface area contributed by atoms with Gasteiger partial charge < -0.3 is 6.92 Å². The Balaban J connectivity index is 2.30. The largest absolute Gasteiger partial charge is 0.319 e. The molecule has 1 rings (SSSR count). The predicted octanol–water partition coefficient (Wildman–Crippen LogP) is 0.326. The molecule has 0 spiro atoms. The zero-order chi connectivity index (χ0) is 5.28. The van der Waals surface area contributed by atoms with Gasteiger partial charge in [-0.25, -0.2) is 0 Å². The third kappa shape index (κ3) is 0.710. The maximum absolute atomic E-state index is 3.77. The fourth-order valence-electron chi connectivity index (χ4n) is 0.657. The molecule has 1 fully saturated rings. The highest BCUT2D eigenvalue weighted by atomic mass is 15.1. The summed E-state index contributed by atoms with van der Waals surface area (Å²) in [5, 5.41) is 0. The van der Waals surface area contributed by atoms with E-state index >= 15 is 0 Å². The average Bonchev–Trinajstić information content (AvgIpc) is 1.58. The van der Waals surface area contributed by atoms with Crippen molar-refractivity contribution < 1.29 is 4.58 Å². The van der Waals surface area contributed by atoms with Crippen molar-refractivity contribution in [2.75, 3.05) is 13.1 Å². The topological polar surface area (TPSA) is 3.01 Å². The van der Waals surface area contributed by atoms with Gasteiger partial charge in [0.05, 0.1) is 5.92 Å². The third-order valence-corrected chi connectivity index (χ3v) is 1.11. The molecule has 7 heavy (non-hydrogen) atoms. The molecular weight excluding hydrogens is 86.1 g/mol. The molecule has 0 aliphatic carbocycles. The lowest BCUT2D eigenvalue weighted by Gasteiger charge is -2.14. The Morgan fingerprint density at radius 2 is 2.14 bits per heavy atom. The second-order valence-corrected chi connectivity index (χ2v) is 1.84. The van der Waals surface area contributed by atoms with Gasteiger partial charge in [-0.3, -0.25) is 0 Å². The van der Waals surface area contributed by atoms with Crippen LogP contribution in [0.3, 0.4) is 0 Å². The van der Waals surface area contributed by atoms with Crippen molar-refractivity contribution >= 4 is 6.21 Å². The average molecular weight is 95.1 g/mol. The van der Waals surface area contributed by atoms with Crippen LogP contribution in [0.5, 0.6) is 0 Å². The lowest BCUT2D eigenvalue weighted by molar-refractivity contribution is -0.561. The first-order valence-corrected chi connectivity index (χ1v) is 2.36. The molecule has 1 nitrogen and oxygen atoms in total. The van der Waals surface area contributed by atoms with Gasteiger partial charge in [-0.05, 0) is 0 Å². The molecule has 1 saturated heterocycles. The molecular formula is C6H9N. The molecule has 0 unspecified atom stereocenters. The lowest BCUT2D eigenvalue weighted by atomic mass is 10.1. The van der Waals surface area contributed by atoms with Gasteiger partial charge in [-0.2, -0.15) is 4.58 Å². The second-order valence-electron chi connectivity index (χ2n) is 1.84. The minimum Gasteiger partial charge on any atom is -0.319 e. The van der Waals surface area contributed by atoms with Gasteiger partial charge in [0.2, 0.25) is 0 Å². The van der Waals surface area contributed by atoms with Crippen LogP contribution in [0.2, 0.25) is 0 Å². The Hall–Kier alpha value is -0.590. The van der Waals surface area contributed by atoms with Crippen LogP contribution in [-0.4, -0.2) is 23.9 Å². The van der Waals surface area contributed by atoms with E-state index in [1.54, 1.807) is 0 Å². The molecule has 0 saturated carbocycles. The number of hydrogen-bond acceptors (Lipinski definition) is 0. The predicted molar refractivity (Wildman–Crippen MR) is 30.0 cm³/mol. The molecule has 0 aromatic heterocycles. The van der Waals surface area contributed by atoms with E-state index < -0.39 is 0 Å². The molecule has 0 aromatic rings. The maximum Gasteiger partial charge on any atom is 0.253 e. The van der Waals surface area contributed by atoms with Crippen LogP contribution in [0.15, 0.2) is 0 Å². The fourth-order valence-corrected chi connectivity index (χ4v) is 0.657. The molecule has 1 heteroatoms. The van der Waals surface area contributed by atoms with Crippen LogP contribution in [0, 0.1) is 19.8 Å². The molecule has 1 heterocycles. The zero-order valence-electron chi connectivity index (χ0n) is 4.35. The van der Waals surface area contributed by atoms with E-state index in [9.17, 15) is 0 Å². The normalized spacial score (nSPS) is 19.0. The van der Waals surface area contributed by atoms with Crippen molar-refractivity contribution in [3.8, 4) is 0 Å². The number of hydrogen-bond donors (Lipinski definition) is 0. The van der Waals surface area contributed by atoms with Crippen molar-refractivity contribution in [2.24, 2.45) is 0 Å². The molecule has 0 N–H and O–H groups in total. The summed E-state index contributed by atoms with van der Waals surface area (Å²) in [5.41, 5.74) is 0. The summed E-state index contributed by atoms with van der Waals surface area (Å²) in [6.07, 6.45) is 1.84. The van der Waals surface area contributed by atoms with Gasteiger partial charge in [0.25, 0.3) is 13.1 Å². The Kier molecular flexibility index (Phi) is 0.970. The first kappa shape index (κ1) is 4.57. The first-order chi connectivity index (χ1) is 3.33. The Morgan fingerprint density at radius 3 is 2.29 bits per heavy atom. The molecule has 0 bridgehead atoms. The van der Waals surface area contributed by atoms with Gasteiger partial charge >= 0.3 is 0 Å². The van der Waals surface area contributed by atoms with Crippen LogP contribution in [-0.2, 0) is 0 Å². The standard InChI is InChI=1S/C6H9N/c1-3-7-4-6(2)5-7/h3H,1-2,4-5H2. The summed E-state index contributed by atoms with van der Waals surface area (Å²) in [6.45, 7) is 9.41. The van der Waals surface area contributed by atoms with Crippen LogP contribution in [0.4, 0.5) is 0 Å². The second kappa shape index (κ2) is 1.49. The zero-order valence-corrected chi connectivity index (χ0v) is 4.35.